The molecule has 0 aliphatic heterocycles. The summed E-state index contributed by atoms with van der Waals surface area (Å²) in [6.45, 7) is 4.05. The third kappa shape index (κ3) is 4.70. The van der Waals surface area contributed by atoms with Crippen molar-refractivity contribution in [2.75, 3.05) is 11.9 Å². The normalized spacial score (nSPS) is 11.8. The zero-order valence-corrected chi connectivity index (χ0v) is 13.9. The number of hydrogen-bond donors (Lipinski definition) is 1. The maximum absolute atomic E-state index is 13.1. The van der Waals surface area contributed by atoms with E-state index in [0.29, 0.717) is 11.7 Å². The molecule has 0 bridgehead atoms. The quantitative estimate of drug-likeness (QED) is 0.805. The highest BCUT2D eigenvalue weighted by Crippen LogP contribution is 2.26. The van der Waals surface area contributed by atoms with E-state index >= 15 is 0 Å². The van der Waals surface area contributed by atoms with Gasteiger partial charge in [0.2, 0.25) is 0 Å². The Labute approximate surface area is 140 Å². The molecule has 0 aliphatic rings. The Morgan fingerprint density at radius 3 is 2.74 bits per heavy atom. The zero-order valence-electron chi connectivity index (χ0n) is 13.1. The molecule has 0 spiro atoms. The van der Waals surface area contributed by atoms with Gasteiger partial charge in [0.15, 0.2) is 6.61 Å². The molecule has 2 aromatic rings. The summed E-state index contributed by atoms with van der Waals surface area (Å²) in [7, 11) is 0. The van der Waals surface area contributed by atoms with Crippen molar-refractivity contribution in [1.29, 1.82) is 0 Å². The minimum absolute atomic E-state index is 0.0370. The summed E-state index contributed by atoms with van der Waals surface area (Å²) >= 11 is 5.67. The lowest BCUT2D eigenvalue weighted by Gasteiger charge is -2.15. The van der Waals surface area contributed by atoms with E-state index in [1.165, 1.54) is 18.2 Å². The lowest BCUT2D eigenvalue weighted by molar-refractivity contribution is -0.118. The van der Waals surface area contributed by atoms with E-state index in [4.69, 9.17) is 16.3 Å². The summed E-state index contributed by atoms with van der Waals surface area (Å²) in [4.78, 5) is 12.1. The Balaban J connectivity index is 1.98. The van der Waals surface area contributed by atoms with Gasteiger partial charge in [-0.2, -0.15) is 0 Å². The minimum Gasteiger partial charge on any atom is -0.484 e. The van der Waals surface area contributed by atoms with E-state index in [1.807, 2.05) is 24.3 Å². The molecule has 0 aliphatic carbocycles. The van der Waals surface area contributed by atoms with Gasteiger partial charge in [-0.15, -0.1) is 0 Å². The number of benzene rings is 2. The summed E-state index contributed by atoms with van der Waals surface area (Å²) in [6.07, 6.45) is 0.984. The first-order valence-electron chi connectivity index (χ1n) is 7.48. The van der Waals surface area contributed by atoms with Gasteiger partial charge in [-0.05, 0) is 36.1 Å². The number of rotatable bonds is 6. The van der Waals surface area contributed by atoms with E-state index in [9.17, 15) is 9.18 Å². The summed E-state index contributed by atoms with van der Waals surface area (Å²) in [5, 5.41) is 2.81. The average Bonchev–Trinajstić information content (AvgIpc) is 2.55. The lowest BCUT2D eigenvalue weighted by atomic mass is 9.97. The van der Waals surface area contributed by atoms with Crippen molar-refractivity contribution in [1.82, 2.24) is 0 Å². The van der Waals surface area contributed by atoms with Crippen LogP contribution in [-0.2, 0) is 4.79 Å². The van der Waals surface area contributed by atoms with E-state index in [1.54, 1.807) is 0 Å². The maximum Gasteiger partial charge on any atom is 0.262 e. The molecular formula is C18H19ClFNO2. The summed E-state index contributed by atoms with van der Waals surface area (Å²) in [5.41, 5.74) is 1.88. The molecule has 5 heteroatoms. The van der Waals surface area contributed by atoms with E-state index in [2.05, 4.69) is 19.2 Å². The number of hydrogen-bond acceptors (Lipinski definition) is 2. The number of para-hydroxylation sites is 1. The minimum atomic E-state index is -0.522. The van der Waals surface area contributed by atoms with Crippen LogP contribution in [0.4, 0.5) is 10.1 Å². The third-order valence-corrected chi connectivity index (χ3v) is 3.93. The smallest absolute Gasteiger partial charge is 0.262 e. The SMILES string of the molecule is CC[C@@H](C)c1ccccc1NC(=O)COc1ccc(F)c(Cl)c1. The first-order chi connectivity index (χ1) is 11.0. The van der Waals surface area contributed by atoms with Crippen molar-refractivity contribution in [3.8, 4) is 5.75 Å². The molecule has 2 aromatic carbocycles. The monoisotopic (exact) mass is 335 g/mol. The zero-order chi connectivity index (χ0) is 16.8. The van der Waals surface area contributed by atoms with Crippen molar-refractivity contribution in [2.24, 2.45) is 0 Å². The van der Waals surface area contributed by atoms with E-state index in [-0.39, 0.29) is 17.5 Å². The molecule has 1 N–H and O–H groups in total. The molecule has 0 saturated carbocycles. The second-order valence-corrected chi connectivity index (χ2v) is 5.72. The van der Waals surface area contributed by atoms with Gasteiger partial charge in [0.1, 0.15) is 11.6 Å². The molecule has 23 heavy (non-hydrogen) atoms. The van der Waals surface area contributed by atoms with Crippen LogP contribution in [0.3, 0.4) is 0 Å². The van der Waals surface area contributed by atoms with Crippen molar-refractivity contribution < 1.29 is 13.9 Å². The van der Waals surface area contributed by atoms with Gasteiger partial charge < -0.3 is 10.1 Å². The van der Waals surface area contributed by atoms with Crippen molar-refractivity contribution >= 4 is 23.2 Å². The first kappa shape index (κ1) is 17.3. The van der Waals surface area contributed by atoms with Crippen molar-refractivity contribution in [2.45, 2.75) is 26.2 Å². The second-order valence-electron chi connectivity index (χ2n) is 5.31. The predicted molar refractivity (Wildman–Crippen MR) is 90.7 cm³/mol. The molecule has 3 nitrogen and oxygen atoms in total. The van der Waals surface area contributed by atoms with Gasteiger partial charge >= 0.3 is 0 Å². The number of nitrogens with one attached hydrogen (secondary N) is 1. The Morgan fingerprint density at radius 2 is 2.04 bits per heavy atom. The molecule has 1 amide bonds. The molecule has 0 fully saturated rings. The van der Waals surface area contributed by atoms with Crippen LogP contribution >= 0.6 is 11.6 Å². The number of anilines is 1. The topological polar surface area (TPSA) is 38.3 Å². The second kappa shape index (κ2) is 7.97. The molecular weight excluding hydrogens is 317 g/mol. The Kier molecular flexibility index (Phi) is 5.99. The van der Waals surface area contributed by atoms with E-state index < -0.39 is 5.82 Å². The highest BCUT2D eigenvalue weighted by Gasteiger charge is 2.11. The van der Waals surface area contributed by atoms with Gasteiger partial charge in [0.25, 0.3) is 5.91 Å². The van der Waals surface area contributed by atoms with Crippen LogP contribution < -0.4 is 10.1 Å². The highest BCUT2D eigenvalue weighted by atomic mass is 35.5. The largest absolute Gasteiger partial charge is 0.484 e. The van der Waals surface area contributed by atoms with Crippen LogP contribution in [0.1, 0.15) is 31.7 Å². The van der Waals surface area contributed by atoms with Crippen LogP contribution in [0.5, 0.6) is 5.75 Å². The number of carbonyl (C=O) groups is 1. The molecule has 0 unspecified atom stereocenters. The predicted octanol–water partition coefficient (Wildman–Crippen LogP) is 5.01. The number of amides is 1. The van der Waals surface area contributed by atoms with Crippen LogP contribution in [-0.4, -0.2) is 12.5 Å². The van der Waals surface area contributed by atoms with Crippen molar-refractivity contribution in [3.05, 3.63) is 58.9 Å². The summed E-state index contributed by atoms with van der Waals surface area (Å²) in [6, 6.07) is 11.7. The summed E-state index contributed by atoms with van der Waals surface area (Å²) < 4.78 is 18.4. The molecule has 0 heterocycles. The Morgan fingerprint density at radius 1 is 1.30 bits per heavy atom. The fourth-order valence-electron chi connectivity index (χ4n) is 2.16. The number of halogens is 2. The maximum atomic E-state index is 13.1. The van der Waals surface area contributed by atoms with Gasteiger partial charge in [-0.25, -0.2) is 4.39 Å². The highest BCUT2D eigenvalue weighted by molar-refractivity contribution is 6.30. The molecule has 1 atom stereocenters. The fraction of sp³-hybridized carbons (Fsp3) is 0.278. The summed E-state index contributed by atoms with van der Waals surface area (Å²) in [5.74, 6) is -0.0998. The number of carbonyl (C=O) groups excluding carboxylic acids is 1. The molecule has 2 rings (SSSR count). The molecule has 0 aromatic heterocycles. The molecule has 0 radical (unpaired) electrons. The standard InChI is InChI=1S/C18H19ClFNO2/c1-3-12(2)14-6-4-5-7-17(14)21-18(22)11-23-13-8-9-16(20)15(19)10-13/h4-10,12H,3,11H2,1-2H3,(H,21,22)/t12-/m1/s1. The van der Waals surface area contributed by atoms with Crippen LogP contribution in [0.15, 0.2) is 42.5 Å². The van der Waals surface area contributed by atoms with Gasteiger partial charge in [0.05, 0.1) is 5.02 Å². The first-order valence-corrected chi connectivity index (χ1v) is 7.85. The lowest BCUT2D eigenvalue weighted by Crippen LogP contribution is -2.21. The van der Waals surface area contributed by atoms with Crippen molar-refractivity contribution in [3.63, 3.8) is 0 Å². The molecule has 0 saturated heterocycles. The Bertz CT molecular complexity index is 690. The van der Waals surface area contributed by atoms with E-state index in [0.717, 1.165) is 17.7 Å². The third-order valence-electron chi connectivity index (χ3n) is 3.64. The van der Waals surface area contributed by atoms with Crippen LogP contribution in [0.25, 0.3) is 0 Å². The van der Waals surface area contributed by atoms with Crippen LogP contribution in [0, 0.1) is 5.82 Å². The van der Waals surface area contributed by atoms with Gasteiger partial charge in [-0.1, -0.05) is 43.6 Å². The molecule has 122 valence electrons. The van der Waals surface area contributed by atoms with Crippen LogP contribution in [0.2, 0.25) is 5.02 Å². The van der Waals surface area contributed by atoms with Gasteiger partial charge in [0, 0.05) is 11.8 Å². The average molecular weight is 336 g/mol. The fourth-order valence-corrected chi connectivity index (χ4v) is 2.33. The Hall–Kier alpha value is -2.07. The van der Waals surface area contributed by atoms with Gasteiger partial charge in [-0.3, -0.25) is 4.79 Å². The number of ether oxygens (including phenoxy) is 1.